The van der Waals surface area contributed by atoms with Crippen LogP contribution in [0.4, 0.5) is 0 Å². The molecule has 0 spiro atoms. The number of aromatic nitrogens is 3. The van der Waals surface area contributed by atoms with E-state index in [1.807, 2.05) is 18.2 Å². The normalized spacial score (nSPS) is 10.4. The lowest BCUT2D eigenvalue weighted by Crippen LogP contribution is -2.18. The van der Waals surface area contributed by atoms with Gasteiger partial charge >= 0.3 is 0 Å². The van der Waals surface area contributed by atoms with Gasteiger partial charge in [0.15, 0.2) is 5.82 Å². The number of ketones is 2. The van der Waals surface area contributed by atoms with Gasteiger partial charge in [0, 0.05) is 12.0 Å². The zero-order valence-electron chi connectivity index (χ0n) is 11.4. The Balaban J connectivity index is 1.72. The van der Waals surface area contributed by atoms with Crippen LogP contribution in [0, 0.1) is 0 Å². The lowest BCUT2D eigenvalue weighted by molar-refractivity contribution is -0.114. The van der Waals surface area contributed by atoms with Crippen molar-refractivity contribution in [3.8, 4) is 11.7 Å². The Morgan fingerprint density at radius 2 is 2.00 bits per heavy atom. The minimum absolute atomic E-state index is 0.0842. The fourth-order valence-electron chi connectivity index (χ4n) is 1.84. The maximum absolute atomic E-state index is 12.0. The Labute approximate surface area is 124 Å². The van der Waals surface area contributed by atoms with Crippen molar-refractivity contribution >= 4 is 11.6 Å². The van der Waals surface area contributed by atoms with Crippen molar-refractivity contribution in [2.45, 2.75) is 6.42 Å². The van der Waals surface area contributed by atoms with Crippen molar-refractivity contribution in [1.82, 2.24) is 15.2 Å². The molecule has 110 valence electrons. The summed E-state index contributed by atoms with van der Waals surface area (Å²) in [5.41, 5.74) is 0.488. The van der Waals surface area contributed by atoms with E-state index in [0.717, 1.165) is 0 Å². The Morgan fingerprint density at radius 3 is 2.73 bits per heavy atom. The molecule has 22 heavy (non-hydrogen) atoms. The molecule has 0 saturated heterocycles. The van der Waals surface area contributed by atoms with E-state index in [0.29, 0.717) is 11.3 Å². The lowest BCUT2D eigenvalue weighted by atomic mass is 10.1. The fraction of sp³-hybridized carbons (Fsp3) is 0.0667. The monoisotopic (exact) mass is 297 g/mol. The fourth-order valence-corrected chi connectivity index (χ4v) is 1.84. The molecule has 2 aromatic heterocycles. The summed E-state index contributed by atoms with van der Waals surface area (Å²) in [6.45, 7) is 0. The van der Waals surface area contributed by atoms with Crippen LogP contribution in [0.25, 0.3) is 0 Å². The van der Waals surface area contributed by atoms with E-state index < -0.39 is 11.6 Å². The molecule has 1 aromatic carbocycles. The SMILES string of the molecule is O=C(Cc1ccoc1Oc1ccccc1)C(=O)c1ncn[nH]1. The number of H-pyrrole nitrogens is 1. The predicted molar refractivity (Wildman–Crippen MR) is 74.6 cm³/mol. The number of carbonyl (C=O) groups excluding carboxylic acids is 2. The van der Waals surface area contributed by atoms with Crippen molar-refractivity contribution < 1.29 is 18.7 Å². The number of nitrogens with zero attached hydrogens (tertiary/aromatic N) is 2. The Hall–Kier alpha value is -3.22. The number of aromatic amines is 1. The smallest absolute Gasteiger partial charge is 0.293 e. The average molecular weight is 297 g/mol. The summed E-state index contributed by atoms with van der Waals surface area (Å²) in [5.74, 6) is -0.683. The molecule has 3 aromatic rings. The largest absolute Gasteiger partial charge is 0.434 e. The maximum atomic E-state index is 12.0. The van der Waals surface area contributed by atoms with Crippen molar-refractivity contribution in [3.63, 3.8) is 0 Å². The van der Waals surface area contributed by atoms with Crippen LogP contribution in [0.15, 0.2) is 53.4 Å². The summed E-state index contributed by atoms with van der Waals surface area (Å²) in [6, 6.07) is 10.6. The standard InChI is InChI=1S/C15H11N3O4/c19-12(13(20)14-16-9-17-18-14)8-10-6-7-21-15(10)22-11-4-2-1-3-5-11/h1-7,9H,8H2,(H,16,17,18). The summed E-state index contributed by atoms with van der Waals surface area (Å²) in [6.07, 6.45) is 2.43. The van der Waals surface area contributed by atoms with Gasteiger partial charge in [0.2, 0.25) is 5.78 Å². The third-order valence-electron chi connectivity index (χ3n) is 2.89. The van der Waals surface area contributed by atoms with E-state index in [4.69, 9.17) is 9.15 Å². The highest BCUT2D eigenvalue weighted by atomic mass is 16.6. The third-order valence-corrected chi connectivity index (χ3v) is 2.89. The minimum Gasteiger partial charge on any atom is -0.434 e. The third kappa shape index (κ3) is 2.93. The van der Waals surface area contributed by atoms with Crippen LogP contribution in [0.1, 0.15) is 16.2 Å². The molecule has 7 nitrogen and oxygen atoms in total. The topological polar surface area (TPSA) is 98.1 Å². The molecule has 3 rings (SSSR count). The molecule has 0 radical (unpaired) electrons. The number of nitrogens with one attached hydrogen (secondary N) is 1. The van der Waals surface area contributed by atoms with Crippen LogP contribution in [-0.2, 0) is 11.2 Å². The average Bonchev–Trinajstić information content (AvgIpc) is 3.20. The number of rotatable bonds is 6. The van der Waals surface area contributed by atoms with E-state index in [9.17, 15) is 9.59 Å². The molecule has 0 aliphatic carbocycles. The molecule has 0 atom stereocenters. The number of carbonyl (C=O) groups is 2. The zero-order valence-corrected chi connectivity index (χ0v) is 11.4. The quantitative estimate of drug-likeness (QED) is 0.553. The Kier molecular flexibility index (Phi) is 3.78. The zero-order chi connectivity index (χ0) is 15.4. The van der Waals surface area contributed by atoms with Gasteiger partial charge < -0.3 is 9.15 Å². The highest BCUT2D eigenvalue weighted by molar-refractivity contribution is 6.43. The predicted octanol–water partition coefficient (Wildman–Crippen LogP) is 2.18. The van der Waals surface area contributed by atoms with E-state index in [1.165, 1.54) is 12.6 Å². The molecule has 2 heterocycles. The van der Waals surface area contributed by atoms with Gasteiger partial charge in [-0.1, -0.05) is 18.2 Å². The minimum atomic E-state index is -0.732. The number of ether oxygens (including phenoxy) is 1. The second-order valence-corrected chi connectivity index (χ2v) is 4.41. The van der Waals surface area contributed by atoms with Crippen LogP contribution < -0.4 is 4.74 Å². The van der Waals surface area contributed by atoms with Gasteiger partial charge in [-0.05, 0) is 18.2 Å². The molecular weight excluding hydrogens is 286 g/mol. The number of hydrogen-bond acceptors (Lipinski definition) is 6. The van der Waals surface area contributed by atoms with Gasteiger partial charge in [-0.2, -0.15) is 5.10 Å². The van der Waals surface area contributed by atoms with Gasteiger partial charge in [0.05, 0.1) is 6.26 Å². The van der Waals surface area contributed by atoms with Gasteiger partial charge in [0.25, 0.3) is 11.7 Å². The number of para-hydroxylation sites is 1. The van der Waals surface area contributed by atoms with E-state index in [-0.39, 0.29) is 18.2 Å². The second-order valence-electron chi connectivity index (χ2n) is 4.41. The van der Waals surface area contributed by atoms with Crippen molar-refractivity contribution in [1.29, 1.82) is 0 Å². The highest BCUT2D eigenvalue weighted by Gasteiger charge is 2.22. The molecule has 0 unspecified atom stereocenters. The first-order valence-corrected chi connectivity index (χ1v) is 6.46. The molecule has 0 fully saturated rings. The number of benzene rings is 1. The molecule has 0 saturated carbocycles. The van der Waals surface area contributed by atoms with Crippen LogP contribution in [0.3, 0.4) is 0 Å². The summed E-state index contributed by atoms with van der Waals surface area (Å²) < 4.78 is 10.8. The first kappa shape index (κ1) is 13.7. The first-order valence-electron chi connectivity index (χ1n) is 6.46. The second kappa shape index (κ2) is 6.04. The number of furan rings is 1. The van der Waals surface area contributed by atoms with Gasteiger partial charge in [-0.25, -0.2) is 4.98 Å². The van der Waals surface area contributed by atoms with Gasteiger partial charge in [-0.3, -0.25) is 14.7 Å². The molecule has 0 aliphatic heterocycles. The summed E-state index contributed by atoms with van der Waals surface area (Å²) in [7, 11) is 0. The van der Waals surface area contributed by atoms with E-state index >= 15 is 0 Å². The molecule has 0 amide bonds. The van der Waals surface area contributed by atoms with Crippen molar-refractivity contribution in [3.05, 3.63) is 60.4 Å². The maximum Gasteiger partial charge on any atom is 0.293 e. The molecule has 0 aliphatic rings. The highest BCUT2D eigenvalue weighted by Crippen LogP contribution is 2.26. The lowest BCUT2D eigenvalue weighted by Gasteiger charge is -2.04. The number of Topliss-reactive ketones (excluding diaryl/α,β-unsaturated/α-hetero) is 2. The van der Waals surface area contributed by atoms with Crippen LogP contribution in [0.2, 0.25) is 0 Å². The van der Waals surface area contributed by atoms with Gasteiger partial charge in [-0.15, -0.1) is 0 Å². The van der Waals surface area contributed by atoms with Crippen LogP contribution in [0.5, 0.6) is 11.7 Å². The Bertz CT molecular complexity index is 778. The van der Waals surface area contributed by atoms with Crippen LogP contribution in [-0.4, -0.2) is 26.7 Å². The summed E-state index contributed by atoms with van der Waals surface area (Å²) >= 11 is 0. The van der Waals surface area contributed by atoms with Crippen LogP contribution >= 0.6 is 0 Å². The molecule has 1 N–H and O–H groups in total. The Morgan fingerprint density at radius 1 is 1.18 bits per heavy atom. The molecular formula is C15H11N3O4. The summed E-state index contributed by atoms with van der Waals surface area (Å²) in [4.78, 5) is 27.5. The molecule has 0 bridgehead atoms. The van der Waals surface area contributed by atoms with Crippen molar-refractivity contribution in [2.24, 2.45) is 0 Å². The van der Waals surface area contributed by atoms with E-state index in [2.05, 4.69) is 15.2 Å². The summed E-state index contributed by atoms with van der Waals surface area (Å²) in [5, 5.41) is 5.91. The molecule has 7 heteroatoms. The first-order chi connectivity index (χ1) is 10.7. The van der Waals surface area contributed by atoms with Gasteiger partial charge in [0.1, 0.15) is 12.1 Å². The van der Waals surface area contributed by atoms with E-state index in [1.54, 1.807) is 18.2 Å². The number of hydrogen-bond donors (Lipinski definition) is 1. The van der Waals surface area contributed by atoms with Crippen molar-refractivity contribution in [2.75, 3.05) is 0 Å².